The summed E-state index contributed by atoms with van der Waals surface area (Å²) in [6.45, 7) is 1.82. The molecular formula is C11H14FN3OS. The number of aromatic nitrogens is 1. The molecule has 0 aliphatic carbocycles. The van der Waals surface area contributed by atoms with Crippen LogP contribution in [-0.4, -0.2) is 33.9 Å². The van der Waals surface area contributed by atoms with Crippen LogP contribution in [0.2, 0.25) is 0 Å². The average molecular weight is 255 g/mol. The van der Waals surface area contributed by atoms with Gasteiger partial charge in [0.15, 0.2) is 0 Å². The van der Waals surface area contributed by atoms with Crippen LogP contribution >= 0.6 is 12.2 Å². The zero-order chi connectivity index (χ0) is 13.0. The number of nitrogens with zero attached hydrogens (tertiary/aromatic N) is 2. The van der Waals surface area contributed by atoms with Crippen LogP contribution in [0.25, 0.3) is 0 Å². The Hall–Kier alpha value is -1.56. The predicted molar refractivity (Wildman–Crippen MR) is 67.2 cm³/mol. The first-order valence-corrected chi connectivity index (χ1v) is 5.48. The standard InChI is InChI=1S/C11H14FN3OS/c1-7(3-10(13)17)15(2)11(16)8-4-9(12)6-14-5-8/h4-7H,3H2,1-2H3,(H2,13,17). The molecular weight excluding hydrogens is 241 g/mol. The second-order valence-electron chi connectivity index (χ2n) is 3.83. The molecule has 1 aromatic rings. The third-order valence-corrected chi connectivity index (χ3v) is 2.60. The molecule has 0 aliphatic rings. The molecule has 0 aliphatic heterocycles. The molecule has 4 nitrogen and oxygen atoms in total. The lowest BCUT2D eigenvalue weighted by atomic mass is 10.1. The molecule has 0 spiro atoms. The molecule has 92 valence electrons. The lowest BCUT2D eigenvalue weighted by Crippen LogP contribution is -2.37. The van der Waals surface area contributed by atoms with Crippen LogP contribution in [0.3, 0.4) is 0 Å². The molecule has 0 radical (unpaired) electrons. The number of hydrogen-bond donors (Lipinski definition) is 1. The van der Waals surface area contributed by atoms with Crippen LogP contribution in [0.4, 0.5) is 4.39 Å². The normalized spacial score (nSPS) is 11.9. The number of amides is 1. The maximum absolute atomic E-state index is 12.9. The monoisotopic (exact) mass is 255 g/mol. The van der Waals surface area contributed by atoms with E-state index in [9.17, 15) is 9.18 Å². The van der Waals surface area contributed by atoms with Crippen LogP contribution < -0.4 is 5.73 Å². The molecule has 1 amide bonds. The minimum Gasteiger partial charge on any atom is -0.393 e. The van der Waals surface area contributed by atoms with Crippen molar-refractivity contribution in [3.63, 3.8) is 0 Å². The van der Waals surface area contributed by atoms with Gasteiger partial charge in [0.2, 0.25) is 0 Å². The van der Waals surface area contributed by atoms with Gasteiger partial charge >= 0.3 is 0 Å². The summed E-state index contributed by atoms with van der Waals surface area (Å²) >= 11 is 4.78. The van der Waals surface area contributed by atoms with Crippen molar-refractivity contribution in [2.45, 2.75) is 19.4 Å². The SMILES string of the molecule is CC(CC(N)=S)N(C)C(=O)c1cncc(F)c1. The van der Waals surface area contributed by atoms with E-state index in [0.717, 1.165) is 12.3 Å². The first kappa shape index (κ1) is 13.5. The first-order valence-electron chi connectivity index (χ1n) is 5.08. The average Bonchev–Trinajstić information content (AvgIpc) is 2.26. The van der Waals surface area contributed by atoms with Gasteiger partial charge in [-0.3, -0.25) is 9.78 Å². The van der Waals surface area contributed by atoms with Gasteiger partial charge in [0.1, 0.15) is 5.82 Å². The minimum atomic E-state index is -0.536. The van der Waals surface area contributed by atoms with Crippen molar-refractivity contribution >= 4 is 23.1 Å². The van der Waals surface area contributed by atoms with Crippen molar-refractivity contribution < 1.29 is 9.18 Å². The number of nitrogens with two attached hydrogens (primary N) is 1. The van der Waals surface area contributed by atoms with Crippen LogP contribution in [0.15, 0.2) is 18.5 Å². The van der Waals surface area contributed by atoms with Crippen molar-refractivity contribution in [3.8, 4) is 0 Å². The summed E-state index contributed by atoms with van der Waals surface area (Å²) in [7, 11) is 1.62. The highest BCUT2D eigenvalue weighted by Gasteiger charge is 2.18. The largest absolute Gasteiger partial charge is 0.393 e. The van der Waals surface area contributed by atoms with Gasteiger partial charge in [-0.25, -0.2) is 4.39 Å². The smallest absolute Gasteiger partial charge is 0.255 e. The fraction of sp³-hybridized carbons (Fsp3) is 0.364. The van der Waals surface area contributed by atoms with Crippen LogP contribution in [-0.2, 0) is 0 Å². The number of pyridine rings is 1. The van der Waals surface area contributed by atoms with E-state index < -0.39 is 5.82 Å². The van der Waals surface area contributed by atoms with Gasteiger partial charge in [-0.15, -0.1) is 0 Å². The summed E-state index contributed by atoms with van der Waals surface area (Å²) in [6, 6.07) is 1.02. The van der Waals surface area contributed by atoms with Crippen molar-refractivity contribution in [1.29, 1.82) is 0 Å². The Morgan fingerprint density at radius 1 is 1.65 bits per heavy atom. The van der Waals surface area contributed by atoms with E-state index in [1.165, 1.54) is 11.1 Å². The van der Waals surface area contributed by atoms with Crippen LogP contribution in [0.5, 0.6) is 0 Å². The number of rotatable bonds is 4. The van der Waals surface area contributed by atoms with Crippen LogP contribution in [0, 0.1) is 5.82 Å². The molecule has 1 unspecified atom stereocenters. The molecule has 0 fully saturated rings. The quantitative estimate of drug-likeness (QED) is 0.825. The molecule has 1 aromatic heterocycles. The fourth-order valence-corrected chi connectivity index (χ4v) is 1.60. The highest BCUT2D eigenvalue weighted by Crippen LogP contribution is 2.09. The maximum Gasteiger partial charge on any atom is 0.255 e. The van der Waals surface area contributed by atoms with Crippen molar-refractivity contribution in [1.82, 2.24) is 9.88 Å². The molecule has 17 heavy (non-hydrogen) atoms. The summed E-state index contributed by atoms with van der Waals surface area (Å²) in [4.78, 5) is 17.4. The lowest BCUT2D eigenvalue weighted by molar-refractivity contribution is 0.0747. The van der Waals surface area contributed by atoms with Gasteiger partial charge in [0.05, 0.1) is 16.7 Å². The summed E-state index contributed by atoms with van der Waals surface area (Å²) in [6.07, 6.45) is 2.81. The fourth-order valence-electron chi connectivity index (χ4n) is 1.36. The van der Waals surface area contributed by atoms with E-state index in [4.69, 9.17) is 18.0 Å². The zero-order valence-electron chi connectivity index (χ0n) is 9.68. The molecule has 0 saturated carbocycles. The second-order valence-corrected chi connectivity index (χ2v) is 4.35. The lowest BCUT2D eigenvalue weighted by Gasteiger charge is -2.24. The van der Waals surface area contributed by atoms with Gasteiger partial charge in [0, 0.05) is 25.7 Å². The number of halogens is 1. The Morgan fingerprint density at radius 2 is 2.29 bits per heavy atom. The third kappa shape index (κ3) is 3.74. The number of hydrogen-bond acceptors (Lipinski definition) is 3. The number of carbonyl (C=O) groups excluding carboxylic acids is 1. The summed E-state index contributed by atoms with van der Waals surface area (Å²) < 4.78 is 12.9. The molecule has 0 bridgehead atoms. The molecule has 6 heteroatoms. The van der Waals surface area contributed by atoms with E-state index in [2.05, 4.69) is 4.98 Å². The highest BCUT2D eigenvalue weighted by atomic mass is 32.1. The van der Waals surface area contributed by atoms with Gasteiger partial charge in [-0.2, -0.15) is 0 Å². The summed E-state index contributed by atoms with van der Waals surface area (Å²) in [5.74, 6) is -0.841. The topological polar surface area (TPSA) is 59.2 Å². The van der Waals surface area contributed by atoms with E-state index in [1.807, 2.05) is 6.92 Å². The Morgan fingerprint density at radius 3 is 2.82 bits per heavy atom. The van der Waals surface area contributed by atoms with Gasteiger partial charge < -0.3 is 10.6 Å². The number of carbonyl (C=O) groups is 1. The Kier molecular flexibility index (Phi) is 4.51. The minimum absolute atomic E-state index is 0.136. The predicted octanol–water partition coefficient (Wildman–Crippen LogP) is 1.36. The molecule has 1 heterocycles. The molecule has 1 rings (SSSR count). The molecule has 1 atom stereocenters. The number of thiocarbonyl (C=S) groups is 1. The van der Waals surface area contributed by atoms with E-state index in [-0.39, 0.29) is 17.5 Å². The zero-order valence-corrected chi connectivity index (χ0v) is 10.5. The van der Waals surface area contributed by atoms with Crippen molar-refractivity contribution in [2.24, 2.45) is 5.73 Å². The van der Waals surface area contributed by atoms with E-state index in [0.29, 0.717) is 11.4 Å². The van der Waals surface area contributed by atoms with Gasteiger partial charge in [-0.05, 0) is 13.0 Å². The Bertz CT molecular complexity index is 438. The third-order valence-electron chi connectivity index (χ3n) is 2.43. The van der Waals surface area contributed by atoms with Crippen molar-refractivity contribution in [2.75, 3.05) is 7.05 Å². The highest BCUT2D eigenvalue weighted by molar-refractivity contribution is 7.80. The van der Waals surface area contributed by atoms with Gasteiger partial charge in [0.25, 0.3) is 5.91 Å². The maximum atomic E-state index is 12.9. The van der Waals surface area contributed by atoms with Crippen molar-refractivity contribution in [3.05, 3.63) is 29.8 Å². The Labute approximate surface area is 105 Å². The second kappa shape index (κ2) is 5.67. The first-order chi connectivity index (χ1) is 7.91. The van der Waals surface area contributed by atoms with Crippen LogP contribution in [0.1, 0.15) is 23.7 Å². The van der Waals surface area contributed by atoms with Gasteiger partial charge in [-0.1, -0.05) is 12.2 Å². The molecule has 2 N–H and O–H groups in total. The summed E-state index contributed by atoms with van der Waals surface area (Å²) in [5.41, 5.74) is 5.63. The molecule has 0 aromatic carbocycles. The van der Waals surface area contributed by atoms with E-state index in [1.54, 1.807) is 7.05 Å². The summed E-state index contributed by atoms with van der Waals surface area (Å²) in [5, 5.41) is 0. The molecule has 0 saturated heterocycles. The van der Waals surface area contributed by atoms with E-state index >= 15 is 0 Å². The Balaban J connectivity index is 2.79.